The molecule has 32 heavy (non-hydrogen) atoms. The zero-order valence-electron chi connectivity index (χ0n) is 18.8. The highest BCUT2D eigenvalue weighted by atomic mass is 127. The molecule has 2 aromatic rings. The summed E-state index contributed by atoms with van der Waals surface area (Å²) in [4.78, 5) is 27.6. The van der Waals surface area contributed by atoms with Crippen LogP contribution in [0, 0.1) is 3.57 Å². The van der Waals surface area contributed by atoms with E-state index in [0.717, 1.165) is 26.1 Å². The van der Waals surface area contributed by atoms with E-state index in [4.69, 9.17) is 0 Å². The van der Waals surface area contributed by atoms with Gasteiger partial charge in [-0.1, -0.05) is 37.3 Å². The number of nitrogens with zero attached hydrogens (tertiary/aromatic N) is 2. The minimum absolute atomic E-state index is 0.0297. The third-order valence-electron chi connectivity index (χ3n) is 5.16. The van der Waals surface area contributed by atoms with Gasteiger partial charge in [0, 0.05) is 16.2 Å². The molecule has 0 heterocycles. The molecule has 7 nitrogen and oxygen atoms in total. The van der Waals surface area contributed by atoms with E-state index >= 15 is 0 Å². The summed E-state index contributed by atoms with van der Waals surface area (Å²) in [5.41, 5.74) is 1.25. The predicted octanol–water partition coefficient (Wildman–Crippen LogP) is 3.39. The molecule has 2 amide bonds. The summed E-state index contributed by atoms with van der Waals surface area (Å²) in [5.74, 6) is -0.728. The average molecular weight is 571 g/mol. The van der Waals surface area contributed by atoms with E-state index in [-0.39, 0.29) is 18.5 Å². The van der Waals surface area contributed by atoms with Crippen molar-refractivity contribution in [2.24, 2.45) is 0 Å². The maximum atomic E-state index is 13.4. The number of nitrogens with one attached hydrogen (secondary N) is 1. The lowest BCUT2D eigenvalue weighted by Crippen LogP contribution is -2.52. The summed E-state index contributed by atoms with van der Waals surface area (Å²) < 4.78 is 27.0. The molecule has 0 aliphatic carbocycles. The molecule has 1 N–H and O–H groups in total. The number of sulfonamides is 1. The van der Waals surface area contributed by atoms with Gasteiger partial charge in [0.1, 0.15) is 12.6 Å². The van der Waals surface area contributed by atoms with Crippen LogP contribution >= 0.6 is 22.6 Å². The molecule has 0 aliphatic heterocycles. The van der Waals surface area contributed by atoms with Gasteiger partial charge in [-0.2, -0.15) is 0 Å². The number of benzene rings is 2. The van der Waals surface area contributed by atoms with Crippen LogP contribution in [0.1, 0.15) is 32.8 Å². The van der Waals surface area contributed by atoms with E-state index in [1.165, 1.54) is 4.90 Å². The molecular weight excluding hydrogens is 541 g/mol. The van der Waals surface area contributed by atoms with E-state index in [1.807, 2.05) is 44.2 Å². The summed E-state index contributed by atoms with van der Waals surface area (Å²) in [6, 6.07) is 15.4. The number of anilines is 1. The minimum Gasteiger partial charge on any atom is -0.352 e. The number of carbonyl (C=O) groups excluding carboxylic acids is 2. The maximum Gasteiger partial charge on any atom is 0.244 e. The van der Waals surface area contributed by atoms with Gasteiger partial charge in [0.2, 0.25) is 21.8 Å². The van der Waals surface area contributed by atoms with Crippen LogP contribution < -0.4 is 9.62 Å². The molecule has 0 spiro atoms. The van der Waals surface area contributed by atoms with Crippen LogP contribution in [0.3, 0.4) is 0 Å². The lowest BCUT2D eigenvalue weighted by Gasteiger charge is -2.32. The Morgan fingerprint density at radius 3 is 2.16 bits per heavy atom. The number of hydrogen-bond donors (Lipinski definition) is 1. The smallest absolute Gasteiger partial charge is 0.244 e. The van der Waals surface area contributed by atoms with Crippen LogP contribution in [0.4, 0.5) is 5.69 Å². The fraction of sp³-hybridized carbons (Fsp3) is 0.391. The Labute approximate surface area is 204 Å². The third-order valence-corrected chi connectivity index (χ3v) is 7.02. The predicted molar refractivity (Wildman–Crippen MR) is 136 cm³/mol. The number of hydrogen-bond acceptors (Lipinski definition) is 4. The first-order valence-corrected chi connectivity index (χ1v) is 13.3. The van der Waals surface area contributed by atoms with Crippen molar-refractivity contribution in [2.75, 3.05) is 17.1 Å². The van der Waals surface area contributed by atoms with Crippen molar-refractivity contribution in [1.29, 1.82) is 0 Å². The first-order chi connectivity index (χ1) is 15.0. The van der Waals surface area contributed by atoms with Crippen LogP contribution in [-0.4, -0.2) is 50.0 Å². The highest BCUT2D eigenvalue weighted by Gasteiger charge is 2.30. The van der Waals surface area contributed by atoms with Crippen molar-refractivity contribution in [1.82, 2.24) is 10.2 Å². The number of carbonyl (C=O) groups is 2. The van der Waals surface area contributed by atoms with Gasteiger partial charge in [0.05, 0.1) is 11.9 Å². The topological polar surface area (TPSA) is 86.8 Å². The van der Waals surface area contributed by atoms with Crippen molar-refractivity contribution in [3.63, 3.8) is 0 Å². The van der Waals surface area contributed by atoms with Crippen LogP contribution in [-0.2, 0) is 26.2 Å². The summed E-state index contributed by atoms with van der Waals surface area (Å²) >= 11 is 2.13. The molecule has 0 radical (unpaired) electrons. The summed E-state index contributed by atoms with van der Waals surface area (Å²) in [6.07, 6.45) is 1.83. The van der Waals surface area contributed by atoms with Crippen LogP contribution in [0.25, 0.3) is 0 Å². The van der Waals surface area contributed by atoms with Gasteiger partial charge in [0.15, 0.2) is 0 Å². The molecule has 2 rings (SSSR count). The fourth-order valence-corrected chi connectivity index (χ4v) is 4.26. The molecule has 2 atom stereocenters. The van der Waals surface area contributed by atoms with Crippen molar-refractivity contribution in [2.45, 2.75) is 45.8 Å². The molecule has 0 aromatic heterocycles. The average Bonchev–Trinajstić information content (AvgIpc) is 2.75. The molecule has 0 saturated carbocycles. The molecule has 2 aromatic carbocycles. The highest BCUT2D eigenvalue weighted by molar-refractivity contribution is 14.1. The van der Waals surface area contributed by atoms with E-state index in [9.17, 15) is 18.0 Å². The zero-order chi connectivity index (χ0) is 23.9. The Morgan fingerprint density at radius 1 is 1.03 bits per heavy atom. The second kappa shape index (κ2) is 11.6. The molecular formula is C23H30IN3O4S. The van der Waals surface area contributed by atoms with Crippen molar-refractivity contribution in [3.8, 4) is 0 Å². The second-order valence-electron chi connectivity index (χ2n) is 7.75. The van der Waals surface area contributed by atoms with Crippen molar-refractivity contribution >= 4 is 50.1 Å². The van der Waals surface area contributed by atoms with Gasteiger partial charge >= 0.3 is 0 Å². The monoisotopic (exact) mass is 571 g/mol. The quantitative estimate of drug-likeness (QED) is 0.443. The molecule has 0 fully saturated rings. The Morgan fingerprint density at radius 2 is 1.62 bits per heavy atom. The largest absolute Gasteiger partial charge is 0.352 e. The highest BCUT2D eigenvalue weighted by Crippen LogP contribution is 2.20. The molecule has 9 heteroatoms. The summed E-state index contributed by atoms with van der Waals surface area (Å²) in [6.45, 7) is 5.32. The molecule has 0 saturated heterocycles. The van der Waals surface area contributed by atoms with Crippen LogP contribution in [0.5, 0.6) is 0 Å². The van der Waals surface area contributed by atoms with Crippen LogP contribution in [0.2, 0.25) is 0 Å². The standard InChI is InChI=1S/C23H30IN3O4S/c1-5-17(2)25-23(29)18(3)26(15-19-9-7-6-8-10-19)22(28)16-27(32(4,30)31)21-13-11-20(24)12-14-21/h6-14,17-18H,5,15-16H2,1-4H3,(H,25,29)/t17-,18-/m0/s1. The summed E-state index contributed by atoms with van der Waals surface area (Å²) in [7, 11) is -3.72. The first-order valence-electron chi connectivity index (χ1n) is 10.4. The molecule has 174 valence electrons. The Kier molecular flexibility index (Phi) is 9.50. The van der Waals surface area contributed by atoms with Gasteiger partial charge in [-0.25, -0.2) is 8.42 Å². The van der Waals surface area contributed by atoms with Gasteiger partial charge in [-0.3, -0.25) is 13.9 Å². The van der Waals surface area contributed by atoms with Gasteiger partial charge < -0.3 is 10.2 Å². The number of rotatable bonds is 10. The SMILES string of the molecule is CC[C@H](C)NC(=O)[C@H](C)N(Cc1ccccc1)C(=O)CN(c1ccc(I)cc1)S(C)(=O)=O. The van der Waals surface area contributed by atoms with Gasteiger partial charge in [-0.15, -0.1) is 0 Å². The van der Waals surface area contributed by atoms with Crippen molar-refractivity contribution < 1.29 is 18.0 Å². The minimum atomic E-state index is -3.72. The first kappa shape index (κ1) is 26.1. The number of halogens is 1. The number of amides is 2. The van der Waals surface area contributed by atoms with E-state index in [0.29, 0.717) is 5.69 Å². The molecule has 0 unspecified atom stereocenters. The molecule has 0 bridgehead atoms. The lowest BCUT2D eigenvalue weighted by molar-refractivity contribution is -0.139. The van der Waals surface area contributed by atoms with E-state index < -0.39 is 28.5 Å². The molecule has 0 aliphatic rings. The second-order valence-corrected chi connectivity index (χ2v) is 10.9. The Hall–Kier alpha value is -2.14. The van der Waals surface area contributed by atoms with Gasteiger partial charge in [0.25, 0.3) is 0 Å². The Balaban J connectivity index is 2.34. The van der Waals surface area contributed by atoms with E-state index in [2.05, 4.69) is 27.9 Å². The summed E-state index contributed by atoms with van der Waals surface area (Å²) in [5, 5.41) is 2.91. The van der Waals surface area contributed by atoms with Crippen molar-refractivity contribution in [3.05, 3.63) is 63.7 Å². The fourth-order valence-electron chi connectivity index (χ4n) is 3.05. The maximum absolute atomic E-state index is 13.4. The lowest BCUT2D eigenvalue weighted by atomic mass is 10.1. The van der Waals surface area contributed by atoms with Crippen LogP contribution in [0.15, 0.2) is 54.6 Å². The van der Waals surface area contributed by atoms with Gasteiger partial charge in [-0.05, 0) is 72.7 Å². The van der Waals surface area contributed by atoms with E-state index in [1.54, 1.807) is 31.2 Å². The zero-order valence-corrected chi connectivity index (χ0v) is 21.8. The third kappa shape index (κ3) is 7.47. The Bertz CT molecular complexity index is 1010. The normalized spacial score (nSPS) is 13.2.